The molecule has 4 rings (SSSR count). The van der Waals surface area contributed by atoms with Crippen LogP contribution in [0.1, 0.15) is 17.0 Å². The first-order valence-corrected chi connectivity index (χ1v) is 9.67. The third-order valence-corrected chi connectivity index (χ3v) is 5.24. The van der Waals surface area contributed by atoms with Gasteiger partial charge < -0.3 is 10.2 Å². The van der Waals surface area contributed by atoms with Crippen LogP contribution in [0, 0.1) is 11.7 Å². The van der Waals surface area contributed by atoms with Gasteiger partial charge in [0.1, 0.15) is 18.2 Å². The van der Waals surface area contributed by atoms with Gasteiger partial charge in [0.2, 0.25) is 4.77 Å². The molecular weight excluding hydrogens is 392 g/mol. The Labute approximate surface area is 172 Å². The summed E-state index contributed by atoms with van der Waals surface area (Å²) in [5, 5.41) is 9.89. The van der Waals surface area contributed by atoms with E-state index in [1.165, 1.54) is 0 Å². The number of benzene rings is 3. The highest BCUT2D eigenvalue weighted by atomic mass is 35.5. The number of ether oxygens (including phenoxy) is 1. The smallest absolute Gasteiger partial charge is 0.214 e. The second kappa shape index (κ2) is 8.04. The van der Waals surface area contributed by atoms with Gasteiger partial charge in [0.15, 0.2) is 0 Å². The van der Waals surface area contributed by atoms with Gasteiger partial charge >= 0.3 is 0 Å². The Morgan fingerprint density at radius 3 is 2.68 bits per heavy atom. The van der Waals surface area contributed by atoms with Gasteiger partial charge in [0.25, 0.3) is 0 Å². The normalized spacial score (nSPS) is 10.9. The van der Waals surface area contributed by atoms with Crippen molar-refractivity contribution in [3.8, 4) is 5.75 Å². The van der Waals surface area contributed by atoms with Crippen LogP contribution in [0.5, 0.6) is 5.75 Å². The van der Waals surface area contributed by atoms with Gasteiger partial charge in [-0.3, -0.25) is 5.10 Å². The number of H-pyrrole nitrogens is 1. The topological polar surface area (TPSA) is 54.9 Å². The minimum absolute atomic E-state index is 0.398. The van der Waals surface area contributed by atoms with E-state index >= 15 is 0 Å². The highest BCUT2D eigenvalue weighted by molar-refractivity contribution is 7.71. The first kappa shape index (κ1) is 18.5. The van der Waals surface area contributed by atoms with E-state index in [-0.39, 0.29) is 0 Å². The average molecular weight is 411 g/mol. The number of nitrogens with zero attached hydrogens (tertiary/aromatic N) is 2. The second-order valence-electron chi connectivity index (χ2n) is 6.39. The lowest BCUT2D eigenvalue weighted by Crippen LogP contribution is -2.17. The van der Waals surface area contributed by atoms with Crippen molar-refractivity contribution < 1.29 is 4.74 Å². The average Bonchev–Trinajstić information content (AvgIpc) is 3.03. The maximum atomic E-state index is 6.27. The molecule has 3 aromatic carbocycles. The number of aromatic amines is 1. The van der Waals surface area contributed by atoms with Crippen LogP contribution in [0.4, 0.5) is 0 Å². The van der Waals surface area contributed by atoms with Crippen molar-refractivity contribution in [2.45, 2.75) is 20.1 Å². The highest BCUT2D eigenvalue weighted by Gasteiger charge is 2.11. The number of nitrogens with one attached hydrogen (secondary N) is 2. The van der Waals surface area contributed by atoms with Gasteiger partial charge in [-0.15, -0.1) is 0 Å². The number of halogens is 1. The van der Waals surface area contributed by atoms with Gasteiger partial charge in [-0.2, -0.15) is 5.10 Å². The van der Waals surface area contributed by atoms with Crippen LogP contribution in [0.25, 0.3) is 10.8 Å². The highest BCUT2D eigenvalue weighted by Crippen LogP contribution is 2.29. The van der Waals surface area contributed by atoms with Crippen LogP contribution in [0.15, 0.2) is 60.7 Å². The fourth-order valence-corrected chi connectivity index (χ4v) is 3.56. The molecule has 0 aliphatic rings. The summed E-state index contributed by atoms with van der Waals surface area (Å²) in [7, 11) is 0. The molecule has 1 heterocycles. The molecule has 2 N–H and O–H groups in total. The van der Waals surface area contributed by atoms with Crippen LogP contribution < -0.4 is 10.2 Å². The Hall–Kier alpha value is -2.83. The predicted molar refractivity (Wildman–Crippen MR) is 115 cm³/mol. The summed E-state index contributed by atoms with van der Waals surface area (Å²) in [6.45, 7) is 2.82. The molecule has 0 saturated carbocycles. The van der Waals surface area contributed by atoms with E-state index in [1.807, 2.05) is 49.4 Å². The molecular formula is C21H19ClN4OS. The quantitative estimate of drug-likeness (QED) is 0.419. The van der Waals surface area contributed by atoms with Crippen LogP contribution in [-0.2, 0) is 13.2 Å². The number of rotatable bonds is 6. The van der Waals surface area contributed by atoms with E-state index in [4.69, 9.17) is 28.6 Å². The molecule has 142 valence electrons. The fraction of sp³-hybridized carbons (Fsp3) is 0.143. The van der Waals surface area contributed by atoms with Crippen LogP contribution in [-0.4, -0.2) is 14.9 Å². The second-order valence-corrected chi connectivity index (χ2v) is 7.18. The van der Waals surface area contributed by atoms with E-state index in [0.29, 0.717) is 22.9 Å². The molecule has 0 aliphatic heterocycles. The molecule has 0 aliphatic carbocycles. The van der Waals surface area contributed by atoms with Gasteiger partial charge in [-0.25, -0.2) is 4.68 Å². The maximum absolute atomic E-state index is 6.27. The van der Waals surface area contributed by atoms with Crippen molar-refractivity contribution in [1.29, 1.82) is 0 Å². The number of hydrogen-bond acceptors (Lipinski definition) is 4. The Morgan fingerprint density at radius 2 is 1.89 bits per heavy atom. The van der Waals surface area contributed by atoms with Crippen LogP contribution >= 0.6 is 23.8 Å². The van der Waals surface area contributed by atoms with Crippen molar-refractivity contribution in [2.75, 3.05) is 5.43 Å². The molecule has 4 aromatic rings. The molecule has 0 unspecified atom stereocenters. The summed E-state index contributed by atoms with van der Waals surface area (Å²) < 4.78 is 8.44. The lowest BCUT2D eigenvalue weighted by Gasteiger charge is -2.16. The zero-order chi connectivity index (χ0) is 19.5. The fourth-order valence-electron chi connectivity index (χ4n) is 3.12. The lowest BCUT2D eigenvalue weighted by atomic mass is 10.0. The SMILES string of the molecule is Cc1n[nH]c(=S)n1NCc1c(OCc2ccccc2Cl)ccc2ccccc12. The largest absolute Gasteiger partial charge is 0.488 e. The molecule has 7 heteroatoms. The first-order valence-electron chi connectivity index (χ1n) is 8.88. The van der Waals surface area contributed by atoms with E-state index in [0.717, 1.165) is 33.5 Å². The summed E-state index contributed by atoms with van der Waals surface area (Å²) in [5.41, 5.74) is 5.33. The molecule has 0 saturated heterocycles. The Kier molecular flexibility index (Phi) is 5.32. The summed E-state index contributed by atoms with van der Waals surface area (Å²) in [4.78, 5) is 0. The number of aromatic nitrogens is 3. The van der Waals surface area contributed by atoms with E-state index < -0.39 is 0 Å². The Morgan fingerprint density at radius 1 is 1.11 bits per heavy atom. The lowest BCUT2D eigenvalue weighted by molar-refractivity contribution is 0.303. The summed E-state index contributed by atoms with van der Waals surface area (Å²) >= 11 is 11.6. The van der Waals surface area contributed by atoms with Crippen LogP contribution in [0.2, 0.25) is 5.02 Å². The van der Waals surface area contributed by atoms with Crippen molar-refractivity contribution >= 4 is 34.6 Å². The molecule has 0 bridgehead atoms. The van der Waals surface area contributed by atoms with E-state index in [2.05, 4.69) is 33.8 Å². The number of aryl methyl sites for hydroxylation is 1. The maximum Gasteiger partial charge on any atom is 0.214 e. The predicted octanol–water partition coefficient (Wildman–Crippen LogP) is 5.38. The standard InChI is InChI=1S/C21H19ClN4OS/c1-14-24-25-21(28)26(14)23-12-18-17-8-4-2-6-15(17)10-11-20(18)27-13-16-7-3-5-9-19(16)22/h2-11,23H,12-13H2,1H3,(H,25,28). The third kappa shape index (κ3) is 3.74. The zero-order valence-corrected chi connectivity index (χ0v) is 16.8. The molecule has 1 aromatic heterocycles. The summed E-state index contributed by atoms with van der Waals surface area (Å²) in [6, 6.07) is 20.0. The van der Waals surface area contributed by atoms with Gasteiger partial charge in [0.05, 0.1) is 6.54 Å². The van der Waals surface area contributed by atoms with E-state index in [9.17, 15) is 0 Å². The minimum atomic E-state index is 0.398. The number of fused-ring (bicyclic) bond motifs is 1. The molecule has 0 amide bonds. The zero-order valence-electron chi connectivity index (χ0n) is 15.3. The van der Waals surface area contributed by atoms with Gasteiger partial charge in [-0.05, 0) is 42.0 Å². The summed E-state index contributed by atoms with van der Waals surface area (Å²) in [5.74, 6) is 1.57. The first-order chi connectivity index (χ1) is 13.6. The molecule has 0 atom stereocenters. The molecule has 0 spiro atoms. The molecule has 28 heavy (non-hydrogen) atoms. The van der Waals surface area contributed by atoms with Crippen molar-refractivity contribution in [3.63, 3.8) is 0 Å². The summed E-state index contributed by atoms with van der Waals surface area (Å²) in [6.07, 6.45) is 0. The Bertz CT molecular complexity index is 1180. The van der Waals surface area contributed by atoms with E-state index in [1.54, 1.807) is 4.68 Å². The van der Waals surface area contributed by atoms with Crippen LogP contribution in [0.3, 0.4) is 0 Å². The van der Waals surface area contributed by atoms with Crippen molar-refractivity contribution in [3.05, 3.63) is 87.4 Å². The molecule has 0 fully saturated rings. The number of hydrogen-bond donors (Lipinski definition) is 2. The van der Waals surface area contributed by atoms with Gasteiger partial charge in [-0.1, -0.05) is 60.1 Å². The van der Waals surface area contributed by atoms with Gasteiger partial charge in [0, 0.05) is 16.1 Å². The monoisotopic (exact) mass is 410 g/mol. The molecule has 0 radical (unpaired) electrons. The van der Waals surface area contributed by atoms with Crippen molar-refractivity contribution in [2.24, 2.45) is 0 Å². The molecule has 5 nitrogen and oxygen atoms in total. The Balaban J connectivity index is 1.67. The minimum Gasteiger partial charge on any atom is -0.488 e. The van der Waals surface area contributed by atoms with Crippen molar-refractivity contribution in [1.82, 2.24) is 14.9 Å². The third-order valence-electron chi connectivity index (χ3n) is 4.59.